The number of rotatable bonds is 18. The van der Waals surface area contributed by atoms with Crippen LogP contribution in [-0.4, -0.2) is 112 Å². The minimum Gasteiger partial charge on any atom is -0.506 e. The monoisotopic (exact) mass is 1070 g/mol. The van der Waals surface area contributed by atoms with Crippen LogP contribution in [0.25, 0.3) is 0 Å². The van der Waals surface area contributed by atoms with Crippen LogP contribution in [0.4, 0.5) is 17.1 Å². The number of aliphatic hydroxyl groups is 1. The maximum atomic E-state index is 13.1. The fraction of sp³-hybridized carbons (Fsp3) is 0.379. The van der Waals surface area contributed by atoms with Crippen LogP contribution in [0, 0.1) is 0 Å². The molecule has 0 saturated carbocycles. The quantitative estimate of drug-likeness (QED) is 0.0798. The van der Waals surface area contributed by atoms with Crippen LogP contribution in [0.1, 0.15) is 128 Å². The number of aliphatic hydroxyl groups excluding tert-OH is 1. The van der Waals surface area contributed by atoms with Crippen molar-refractivity contribution < 1.29 is 34.2 Å². The Balaban J connectivity index is 0.000000172. The average Bonchev–Trinajstić information content (AvgIpc) is 4.21. The fourth-order valence-corrected chi connectivity index (χ4v) is 10.6. The van der Waals surface area contributed by atoms with E-state index in [1.54, 1.807) is 34.6 Å². The number of carbonyl (C=O) groups is 5. The Morgan fingerprint density at radius 1 is 0.494 bits per heavy atom. The van der Waals surface area contributed by atoms with Gasteiger partial charge in [-0.2, -0.15) is 0 Å². The van der Waals surface area contributed by atoms with Gasteiger partial charge in [-0.15, -0.1) is 0 Å². The second-order valence-electron chi connectivity index (χ2n) is 21.8. The fourth-order valence-electron chi connectivity index (χ4n) is 10.6. The number of nitrogens with zero attached hydrogens (tertiary/aromatic N) is 6. The molecule has 0 bridgehead atoms. The number of benzene rings is 6. The molecule has 6 aromatic carbocycles. The van der Waals surface area contributed by atoms with Crippen LogP contribution < -0.4 is 14.7 Å². The lowest BCUT2D eigenvalue weighted by Crippen LogP contribution is -2.35. The zero-order valence-electron chi connectivity index (χ0n) is 47.7. The lowest BCUT2D eigenvalue weighted by Gasteiger charge is -2.29. The smallest absolute Gasteiger partial charge is 0.223 e. The number of phenolic OH excluding ortho intramolecular Hbond substituents is 1. The van der Waals surface area contributed by atoms with Gasteiger partial charge in [0.05, 0.1) is 24.9 Å². The van der Waals surface area contributed by atoms with E-state index < -0.39 is 6.10 Å². The zero-order valence-corrected chi connectivity index (χ0v) is 47.7. The molecule has 3 aliphatic rings. The van der Waals surface area contributed by atoms with Crippen LogP contribution in [0.3, 0.4) is 0 Å². The molecule has 0 spiro atoms. The summed E-state index contributed by atoms with van der Waals surface area (Å²) in [6.07, 6.45) is 1.71. The number of phenols is 1. The molecule has 6 aromatic rings. The molecular formula is C66H80N6O7. The van der Waals surface area contributed by atoms with Gasteiger partial charge >= 0.3 is 0 Å². The predicted molar refractivity (Wildman–Crippen MR) is 316 cm³/mol. The molecule has 0 aromatic heterocycles. The molecule has 1 unspecified atom stereocenters. The maximum Gasteiger partial charge on any atom is 0.223 e. The maximum absolute atomic E-state index is 13.1. The molecule has 79 heavy (non-hydrogen) atoms. The molecule has 2 N–H and O–H groups in total. The van der Waals surface area contributed by atoms with Gasteiger partial charge in [-0.3, -0.25) is 38.7 Å². The highest BCUT2D eigenvalue weighted by atomic mass is 16.3. The van der Waals surface area contributed by atoms with Crippen LogP contribution in [0.2, 0.25) is 0 Å². The average molecular weight is 1070 g/mol. The predicted octanol–water partition coefficient (Wildman–Crippen LogP) is 10.6. The summed E-state index contributed by atoms with van der Waals surface area (Å²) < 4.78 is 0. The highest BCUT2D eigenvalue weighted by Gasteiger charge is 2.31. The molecule has 0 radical (unpaired) electrons. The zero-order chi connectivity index (χ0) is 56.9. The summed E-state index contributed by atoms with van der Waals surface area (Å²) in [6.45, 7) is 22.8. The van der Waals surface area contributed by atoms with E-state index in [4.69, 9.17) is 0 Å². The third kappa shape index (κ3) is 15.5. The number of amides is 3. The molecule has 3 amide bonds. The first kappa shape index (κ1) is 59.4. The molecule has 3 heterocycles. The topological polar surface area (TPSA) is 145 Å². The van der Waals surface area contributed by atoms with Gasteiger partial charge in [0.1, 0.15) is 5.75 Å². The lowest BCUT2D eigenvalue weighted by molar-refractivity contribution is -0.117. The standard InChI is InChI=1S/C22H26N2O3.C22H28N2O2.C22H26N2O2/c1-15(2)23(13-17-7-5-4-6-8-17)14-21(27)18-9-10-20(26)22-19(18)11-12-24(22)16(3)25;2*1-16(2)23(14-18-7-5-4-6-8-18)15-22(26)20-9-10-21-19(13-20)11-12-24(21)17(3)25/h4-10,15,26H,11-14H2,1-3H3;4-10,13,16,22,26H,11-12,14-15H2,1-3H3;4-10,13,16H,11-12,14-15H2,1-3H3. The summed E-state index contributed by atoms with van der Waals surface area (Å²) in [4.78, 5) is 72.9. The van der Waals surface area contributed by atoms with Crippen LogP contribution in [0.5, 0.6) is 5.75 Å². The van der Waals surface area contributed by atoms with Gasteiger partial charge in [-0.05, 0) is 136 Å². The minimum absolute atomic E-state index is 0.0151. The summed E-state index contributed by atoms with van der Waals surface area (Å²) in [5, 5.41) is 21.0. The van der Waals surface area contributed by atoms with E-state index in [-0.39, 0.29) is 47.1 Å². The summed E-state index contributed by atoms with van der Waals surface area (Å²) in [5.41, 5.74) is 11.3. The van der Waals surface area contributed by atoms with Crippen LogP contribution in [0.15, 0.2) is 140 Å². The molecule has 0 saturated heterocycles. The Morgan fingerprint density at radius 2 is 0.924 bits per heavy atom. The first-order valence-corrected chi connectivity index (χ1v) is 27.8. The summed E-state index contributed by atoms with van der Waals surface area (Å²) in [5.74, 6) is 0.198. The molecule has 0 aliphatic carbocycles. The Bertz CT molecular complexity index is 3050. The summed E-state index contributed by atoms with van der Waals surface area (Å²) in [6, 6.07) is 46.4. The van der Waals surface area contributed by atoms with E-state index in [0.29, 0.717) is 63.0 Å². The van der Waals surface area contributed by atoms with E-state index in [9.17, 15) is 34.2 Å². The highest BCUT2D eigenvalue weighted by Crippen LogP contribution is 2.39. The largest absolute Gasteiger partial charge is 0.506 e. The highest BCUT2D eigenvalue weighted by molar-refractivity contribution is 6.04. The van der Waals surface area contributed by atoms with Gasteiger partial charge < -0.3 is 24.9 Å². The number of hydrogen-bond donors (Lipinski definition) is 2. The number of fused-ring (bicyclic) bond motifs is 3. The minimum atomic E-state index is -0.544. The van der Waals surface area contributed by atoms with Crippen molar-refractivity contribution in [2.24, 2.45) is 0 Å². The third-order valence-electron chi connectivity index (χ3n) is 15.2. The van der Waals surface area contributed by atoms with E-state index in [1.165, 1.54) is 24.1 Å². The Hall–Kier alpha value is -7.29. The third-order valence-corrected chi connectivity index (χ3v) is 15.2. The van der Waals surface area contributed by atoms with E-state index in [2.05, 4.69) is 98.7 Å². The summed E-state index contributed by atoms with van der Waals surface area (Å²) in [7, 11) is 0. The molecule has 0 fully saturated rings. The Kier molecular flexibility index (Phi) is 20.7. The second kappa shape index (κ2) is 27.5. The first-order chi connectivity index (χ1) is 37.8. The molecule has 3 aliphatic heterocycles. The van der Waals surface area contributed by atoms with Crippen molar-refractivity contribution in [1.82, 2.24) is 14.7 Å². The number of Topliss-reactive ketones (excluding diaryl/α,β-unsaturated/α-hetero) is 2. The van der Waals surface area contributed by atoms with E-state index in [0.717, 1.165) is 77.2 Å². The van der Waals surface area contributed by atoms with Crippen molar-refractivity contribution in [3.63, 3.8) is 0 Å². The second-order valence-corrected chi connectivity index (χ2v) is 21.8. The number of ketones is 2. The van der Waals surface area contributed by atoms with Gasteiger partial charge in [0, 0.05) is 107 Å². The SMILES string of the molecule is CC(=O)N1CCc2c(C(=O)CN(Cc3ccccc3)C(C)C)ccc(O)c21.CC(=O)N1CCc2cc(C(=O)CN(Cc3ccccc3)C(C)C)ccc21.CC(=O)N1CCc2cc(C(O)CN(Cc3ccccc3)C(C)C)ccc21. The van der Waals surface area contributed by atoms with E-state index in [1.807, 2.05) is 84.9 Å². The van der Waals surface area contributed by atoms with Crippen molar-refractivity contribution >= 4 is 46.4 Å². The lowest BCUT2D eigenvalue weighted by atomic mass is 9.99. The molecule has 1 atom stereocenters. The number of aromatic hydroxyl groups is 1. The van der Waals surface area contributed by atoms with Gasteiger partial charge in [0.25, 0.3) is 0 Å². The molecule has 13 heteroatoms. The molecule has 13 nitrogen and oxygen atoms in total. The van der Waals surface area contributed by atoms with Gasteiger partial charge in [0.15, 0.2) is 11.6 Å². The van der Waals surface area contributed by atoms with Crippen molar-refractivity contribution in [2.75, 3.05) is 54.0 Å². The van der Waals surface area contributed by atoms with Crippen molar-refractivity contribution in [3.05, 3.63) is 190 Å². The number of hydrogen-bond acceptors (Lipinski definition) is 10. The van der Waals surface area contributed by atoms with Crippen molar-refractivity contribution in [1.29, 1.82) is 0 Å². The van der Waals surface area contributed by atoms with E-state index >= 15 is 0 Å². The number of carbonyl (C=O) groups excluding carboxylic acids is 5. The summed E-state index contributed by atoms with van der Waals surface area (Å²) >= 11 is 0. The Morgan fingerprint density at radius 3 is 1.39 bits per heavy atom. The van der Waals surface area contributed by atoms with Gasteiger partial charge in [0.2, 0.25) is 17.7 Å². The molecular weight excluding hydrogens is 989 g/mol. The van der Waals surface area contributed by atoms with Gasteiger partial charge in [-0.25, -0.2) is 0 Å². The van der Waals surface area contributed by atoms with Crippen molar-refractivity contribution in [3.8, 4) is 5.75 Å². The Labute approximate surface area is 468 Å². The molecule has 416 valence electrons. The van der Waals surface area contributed by atoms with Gasteiger partial charge in [-0.1, -0.05) is 103 Å². The number of anilines is 3. The van der Waals surface area contributed by atoms with Crippen molar-refractivity contribution in [2.45, 2.75) is 125 Å². The normalized spacial score (nSPS) is 13.8. The molecule has 9 rings (SSSR count). The first-order valence-electron chi connectivity index (χ1n) is 27.8. The van der Waals surface area contributed by atoms with Crippen LogP contribution >= 0.6 is 0 Å². The van der Waals surface area contributed by atoms with Crippen LogP contribution in [-0.2, 0) is 53.3 Å².